The van der Waals surface area contributed by atoms with Crippen molar-refractivity contribution in [2.24, 2.45) is 5.92 Å². The third-order valence-corrected chi connectivity index (χ3v) is 6.73. The first-order valence-corrected chi connectivity index (χ1v) is 10.7. The lowest BCUT2D eigenvalue weighted by Crippen LogP contribution is -2.51. The number of hydrogen-bond donors (Lipinski definition) is 3. The van der Waals surface area contributed by atoms with E-state index in [9.17, 15) is 22.8 Å². The molecule has 2 fully saturated rings. The Morgan fingerprint density at radius 3 is 2.21 bits per heavy atom. The van der Waals surface area contributed by atoms with Crippen LogP contribution in [0.3, 0.4) is 0 Å². The van der Waals surface area contributed by atoms with E-state index in [1.165, 1.54) is 35.5 Å². The number of nitrogens with one attached hydrogen (secondary N) is 3. The van der Waals surface area contributed by atoms with Crippen LogP contribution in [0.1, 0.15) is 43.0 Å². The number of hydrogen-bond acceptors (Lipinski definition) is 5. The molecule has 152 valence electrons. The number of amides is 3. The Kier molecular flexibility index (Phi) is 5.99. The molecule has 3 N–H and O–H groups in total. The second-order valence-corrected chi connectivity index (χ2v) is 9.02. The summed E-state index contributed by atoms with van der Waals surface area (Å²) in [6, 6.07) is 4.76. The predicted molar refractivity (Wildman–Crippen MR) is 100 cm³/mol. The average molecular weight is 408 g/mol. The zero-order valence-corrected chi connectivity index (χ0v) is 16.4. The van der Waals surface area contributed by atoms with Crippen LogP contribution in [-0.4, -0.2) is 49.6 Å². The highest BCUT2D eigenvalue weighted by atomic mass is 32.2. The van der Waals surface area contributed by atoms with Crippen LogP contribution in [0, 0.1) is 5.92 Å². The van der Waals surface area contributed by atoms with E-state index in [2.05, 4.69) is 16.2 Å². The molecule has 1 heterocycles. The normalized spacial score (nSPS) is 18.3. The van der Waals surface area contributed by atoms with Gasteiger partial charge in [0.05, 0.1) is 4.90 Å². The molecule has 1 aromatic carbocycles. The summed E-state index contributed by atoms with van der Waals surface area (Å²) in [6.07, 6.45) is 3.36. The van der Waals surface area contributed by atoms with Gasteiger partial charge in [0, 0.05) is 24.6 Å². The smallest absolute Gasteiger partial charge is 0.269 e. The molecule has 1 aliphatic carbocycles. The third kappa shape index (κ3) is 4.68. The minimum absolute atomic E-state index is 0.0137. The molecule has 1 saturated carbocycles. The van der Waals surface area contributed by atoms with E-state index in [0.29, 0.717) is 13.1 Å². The highest BCUT2D eigenvalue weighted by Gasteiger charge is 2.31. The van der Waals surface area contributed by atoms with Crippen LogP contribution in [0.25, 0.3) is 0 Å². The van der Waals surface area contributed by atoms with Crippen molar-refractivity contribution in [1.29, 1.82) is 0 Å². The van der Waals surface area contributed by atoms with Crippen molar-refractivity contribution in [3.63, 3.8) is 0 Å². The van der Waals surface area contributed by atoms with E-state index in [0.717, 1.165) is 25.7 Å². The van der Waals surface area contributed by atoms with Crippen LogP contribution in [-0.2, 0) is 19.6 Å². The fourth-order valence-corrected chi connectivity index (χ4v) is 4.41. The molecule has 9 nitrogen and oxygen atoms in total. The van der Waals surface area contributed by atoms with Crippen LogP contribution in [0.2, 0.25) is 0 Å². The zero-order chi connectivity index (χ0) is 20.3. The maximum absolute atomic E-state index is 12.5. The quantitative estimate of drug-likeness (QED) is 0.578. The van der Waals surface area contributed by atoms with Gasteiger partial charge >= 0.3 is 0 Å². The lowest BCUT2D eigenvalue weighted by Gasteiger charge is -2.16. The van der Waals surface area contributed by atoms with Gasteiger partial charge in [0.2, 0.25) is 15.9 Å². The van der Waals surface area contributed by atoms with Crippen LogP contribution < -0.4 is 16.2 Å². The SMILES string of the molecule is CC(NC(=O)C1CC1)C(=O)NNC(=O)c1ccc(S(=O)(=O)N2CCCC2)cc1. The number of nitrogens with zero attached hydrogens (tertiary/aromatic N) is 1. The van der Waals surface area contributed by atoms with E-state index in [4.69, 9.17) is 0 Å². The van der Waals surface area contributed by atoms with Gasteiger partial charge in [-0.15, -0.1) is 0 Å². The van der Waals surface area contributed by atoms with E-state index in [1.807, 2.05) is 0 Å². The largest absolute Gasteiger partial charge is 0.344 e. The number of rotatable bonds is 6. The van der Waals surface area contributed by atoms with Gasteiger partial charge in [0.1, 0.15) is 6.04 Å². The fraction of sp³-hybridized carbons (Fsp3) is 0.500. The van der Waals surface area contributed by atoms with Gasteiger partial charge in [-0.1, -0.05) is 0 Å². The average Bonchev–Trinajstić information content (AvgIpc) is 3.39. The first-order chi connectivity index (χ1) is 13.3. The van der Waals surface area contributed by atoms with Crippen LogP contribution >= 0.6 is 0 Å². The summed E-state index contributed by atoms with van der Waals surface area (Å²) in [4.78, 5) is 35.9. The molecular formula is C18H24N4O5S. The molecule has 1 unspecified atom stereocenters. The predicted octanol–water partition coefficient (Wildman–Crippen LogP) is 0.147. The Morgan fingerprint density at radius 1 is 1.04 bits per heavy atom. The first kappa shape index (κ1) is 20.3. The van der Waals surface area contributed by atoms with Crippen LogP contribution in [0.4, 0.5) is 0 Å². The third-order valence-electron chi connectivity index (χ3n) is 4.82. The molecule has 1 saturated heterocycles. The van der Waals surface area contributed by atoms with Gasteiger partial charge < -0.3 is 5.32 Å². The van der Waals surface area contributed by atoms with Gasteiger partial charge in [-0.2, -0.15) is 4.31 Å². The standard InChI is InChI=1S/C18H24N4O5S/c1-12(19-17(24)13-4-5-13)16(23)20-21-18(25)14-6-8-15(9-7-14)28(26,27)22-10-2-3-11-22/h6-9,12-13H,2-5,10-11H2,1H3,(H,19,24)(H,20,23)(H,21,25). The molecule has 0 aromatic heterocycles. The van der Waals surface area contributed by atoms with Crippen molar-refractivity contribution < 1.29 is 22.8 Å². The summed E-state index contributed by atoms with van der Waals surface area (Å²) in [6.45, 7) is 2.54. The number of benzene rings is 1. The van der Waals surface area contributed by atoms with Gasteiger partial charge in [0.25, 0.3) is 11.8 Å². The molecule has 10 heteroatoms. The highest BCUT2D eigenvalue weighted by Crippen LogP contribution is 2.28. The summed E-state index contributed by atoms with van der Waals surface area (Å²) < 4.78 is 26.4. The summed E-state index contributed by atoms with van der Waals surface area (Å²) in [5, 5.41) is 2.58. The number of carbonyl (C=O) groups is 3. The van der Waals surface area contributed by atoms with Gasteiger partial charge in [-0.05, 0) is 56.9 Å². The van der Waals surface area contributed by atoms with E-state index >= 15 is 0 Å². The van der Waals surface area contributed by atoms with Gasteiger partial charge in [-0.3, -0.25) is 25.2 Å². The van der Waals surface area contributed by atoms with Crippen LogP contribution in [0.5, 0.6) is 0 Å². The molecule has 2 aliphatic rings. The molecule has 0 radical (unpaired) electrons. The molecule has 3 rings (SSSR count). The molecule has 0 spiro atoms. The van der Waals surface area contributed by atoms with Crippen molar-refractivity contribution in [2.45, 2.75) is 43.5 Å². The summed E-state index contributed by atoms with van der Waals surface area (Å²) in [7, 11) is -3.54. The van der Waals surface area contributed by atoms with E-state index in [1.54, 1.807) is 0 Å². The second kappa shape index (κ2) is 8.27. The maximum atomic E-state index is 12.5. The van der Waals surface area contributed by atoms with E-state index in [-0.39, 0.29) is 22.3 Å². The molecule has 0 bridgehead atoms. The van der Waals surface area contributed by atoms with Crippen molar-refractivity contribution in [1.82, 2.24) is 20.5 Å². The summed E-state index contributed by atoms with van der Waals surface area (Å²) >= 11 is 0. The Balaban J connectivity index is 1.52. The minimum atomic E-state index is -3.54. The van der Waals surface area contributed by atoms with E-state index < -0.39 is 27.9 Å². The van der Waals surface area contributed by atoms with Crippen molar-refractivity contribution in [3.05, 3.63) is 29.8 Å². The second-order valence-electron chi connectivity index (χ2n) is 7.08. The molecule has 1 aliphatic heterocycles. The van der Waals surface area contributed by atoms with Crippen LogP contribution in [0.15, 0.2) is 29.2 Å². The molecule has 28 heavy (non-hydrogen) atoms. The van der Waals surface area contributed by atoms with Crippen molar-refractivity contribution in [3.8, 4) is 0 Å². The van der Waals surface area contributed by atoms with Gasteiger partial charge in [-0.25, -0.2) is 8.42 Å². The molecule has 3 amide bonds. The first-order valence-electron chi connectivity index (χ1n) is 9.30. The molecule has 1 aromatic rings. The molecular weight excluding hydrogens is 384 g/mol. The van der Waals surface area contributed by atoms with Crippen molar-refractivity contribution in [2.75, 3.05) is 13.1 Å². The number of hydrazine groups is 1. The monoisotopic (exact) mass is 408 g/mol. The highest BCUT2D eigenvalue weighted by molar-refractivity contribution is 7.89. The Morgan fingerprint density at radius 2 is 1.64 bits per heavy atom. The van der Waals surface area contributed by atoms with Gasteiger partial charge in [0.15, 0.2) is 0 Å². The lowest BCUT2D eigenvalue weighted by atomic mass is 10.2. The number of sulfonamides is 1. The Labute approximate surface area is 163 Å². The summed E-state index contributed by atoms with van der Waals surface area (Å²) in [5.74, 6) is -1.31. The molecule has 1 atom stereocenters. The topological polar surface area (TPSA) is 125 Å². The number of carbonyl (C=O) groups excluding carboxylic acids is 3. The van der Waals surface area contributed by atoms with Crippen molar-refractivity contribution >= 4 is 27.7 Å². The maximum Gasteiger partial charge on any atom is 0.269 e. The minimum Gasteiger partial charge on any atom is -0.344 e. The fourth-order valence-electron chi connectivity index (χ4n) is 2.90. The lowest BCUT2D eigenvalue weighted by molar-refractivity contribution is -0.129. The zero-order valence-electron chi connectivity index (χ0n) is 15.6. The Bertz CT molecular complexity index is 858. The summed E-state index contributed by atoms with van der Waals surface area (Å²) in [5.41, 5.74) is 4.72. The Hall–Kier alpha value is -2.46.